The van der Waals surface area contributed by atoms with Gasteiger partial charge in [-0.3, -0.25) is 18.3 Å². The van der Waals surface area contributed by atoms with Gasteiger partial charge in [-0.15, -0.1) is 0 Å². The summed E-state index contributed by atoms with van der Waals surface area (Å²) in [6.45, 7) is 10.8. The molecule has 0 saturated carbocycles. The first-order valence-corrected chi connectivity index (χ1v) is 51.2. The summed E-state index contributed by atoms with van der Waals surface area (Å²) in [5.41, 5.74) is 34.3. The van der Waals surface area contributed by atoms with Gasteiger partial charge in [0.1, 0.15) is 68.0 Å². The molecule has 16 heteroatoms. The summed E-state index contributed by atoms with van der Waals surface area (Å²) < 4.78 is 44.2. The van der Waals surface area contributed by atoms with Gasteiger partial charge in [0, 0.05) is 129 Å². The Labute approximate surface area is 852 Å². The third-order valence-electron chi connectivity index (χ3n) is 30.1. The Hall–Kier alpha value is -19.3. The molecule has 20 aromatic carbocycles. The van der Waals surface area contributed by atoms with Crippen LogP contribution in [0.25, 0.3) is 265 Å². The van der Waals surface area contributed by atoms with Crippen molar-refractivity contribution in [3.05, 3.63) is 460 Å². The lowest BCUT2D eigenvalue weighted by Crippen LogP contribution is -2.03. The molecular weight excluding hydrogens is 1830 g/mol. The number of nitrogens with zero attached hydrogens (tertiary/aromatic N) is 12. The van der Waals surface area contributed by atoms with Crippen molar-refractivity contribution in [2.75, 3.05) is 0 Å². The van der Waals surface area contributed by atoms with E-state index in [1.165, 1.54) is 38.1 Å². The van der Waals surface area contributed by atoms with Gasteiger partial charge in [0.2, 0.25) is 0 Å². The average molecular weight is 1920 g/mol. The van der Waals surface area contributed by atoms with Crippen molar-refractivity contribution >= 4 is 219 Å². The van der Waals surface area contributed by atoms with Crippen LogP contribution in [-0.2, 0) is 12.8 Å². The van der Waals surface area contributed by atoms with Crippen molar-refractivity contribution in [2.24, 2.45) is 0 Å². The Morgan fingerprint density at radius 3 is 0.745 bits per heavy atom. The number of aromatic nitrogens is 12. The molecular formula is C133H94N12O4. The van der Waals surface area contributed by atoms with Crippen molar-refractivity contribution in [3.63, 3.8) is 0 Å². The summed E-state index contributed by atoms with van der Waals surface area (Å²) in [6.07, 6.45) is 2.87. The van der Waals surface area contributed by atoms with E-state index in [2.05, 4.69) is 441 Å². The molecule has 32 rings (SSSR count). The maximum atomic E-state index is 6.44. The van der Waals surface area contributed by atoms with E-state index in [-0.39, 0.29) is 0 Å². The second kappa shape index (κ2) is 34.5. The molecule has 0 spiro atoms. The molecule has 710 valence electrons. The van der Waals surface area contributed by atoms with Crippen LogP contribution in [0.2, 0.25) is 0 Å². The molecule has 0 fully saturated rings. The van der Waals surface area contributed by atoms with Gasteiger partial charge in [0.15, 0.2) is 0 Å². The number of furan rings is 4. The zero-order valence-electron chi connectivity index (χ0n) is 82.3. The second-order valence-electron chi connectivity index (χ2n) is 39.0. The van der Waals surface area contributed by atoms with Gasteiger partial charge >= 0.3 is 0 Å². The quantitative estimate of drug-likeness (QED) is 0.118. The standard InChI is InChI=1S/2C34H25N3O.C33H23N3O.C32H21N3O/c1-21(2)34-35-27-11-5-7-13-29(27)37(34)23-17-15-22(16-18-23)36-28-12-6-3-10-26(28)32-30(36)20-19-25-24-9-4-8-14-31(24)38-33(25)32;1-2-9-32-35-27-12-5-7-14-29(27)37(32)23-18-16-22(17-19-23)36-28-13-6-3-11-26(28)33-30(36)21-20-25-24-10-4-8-15-31(24)38-34(25)33;1-2-31-34-26-11-5-7-13-28(26)36(31)22-17-15-21(16-18-22)35-27-12-6-3-10-25(27)32-29(35)20-19-24-23-9-4-8-14-30(23)37-33(24)32;1-20-33-26-10-4-6-12-28(26)34(20)21-14-16-22(17-15-21)35-27-11-5-2-9-25(27)31-29(35)19-18-24-23-8-3-7-13-30(23)36-32(24)31/h3-21H,1-2H3;3-8,10-21H,2,9H2,1H3;3-20H,2H2,1H3;2-19H,1H3. The van der Waals surface area contributed by atoms with Crippen LogP contribution in [0, 0.1) is 6.92 Å². The van der Waals surface area contributed by atoms with Crippen LogP contribution in [0.5, 0.6) is 0 Å². The summed E-state index contributed by atoms with van der Waals surface area (Å²) in [7, 11) is 0. The van der Waals surface area contributed by atoms with E-state index in [9.17, 15) is 0 Å². The molecule has 0 aliphatic heterocycles. The number of benzene rings is 20. The Bertz CT molecular complexity index is 11000. The fraction of sp³-hybridized carbons (Fsp3) is 0.0677. The van der Waals surface area contributed by atoms with E-state index in [0.717, 1.165) is 269 Å². The van der Waals surface area contributed by atoms with Gasteiger partial charge in [0.05, 0.1) is 110 Å². The molecule has 0 radical (unpaired) electrons. The number of hydrogen-bond donors (Lipinski definition) is 0. The lowest BCUT2D eigenvalue weighted by Gasteiger charge is -2.13. The summed E-state index contributed by atoms with van der Waals surface area (Å²) in [4.78, 5) is 19.5. The predicted octanol–water partition coefficient (Wildman–Crippen LogP) is 35.0. The number of rotatable bonds is 12. The van der Waals surface area contributed by atoms with Crippen LogP contribution < -0.4 is 0 Å². The maximum Gasteiger partial charge on any atom is 0.145 e. The van der Waals surface area contributed by atoms with Crippen LogP contribution >= 0.6 is 0 Å². The molecule has 0 atom stereocenters. The SMILES string of the molecule is CC(C)c1nc2ccccc2n1-c1ccc(-n2c3ccccc3c3c4oc5ccccc5c4ccc32)cc1.CCCc1nc2ccccc2n1-c1ccc(-n2c3ccccc3c3c4oc5ccccc5c4ccc32)cc1.CCc1nc2ccccc2n1-c1ccc(-n2c3ccccc3c3c4oc5ccccc5c4ccc32)cc1.Cc1nc2ccccc2n1-c1ccc(-n2c3ccccc3c3c4oc5ccccc5c4ccc32)cc1. The maximum absolute atomic E-state index is 6.44. The predicted molar refractivity (Wildman–Crippen MR) is 613 cm³/mol. The zero-order valence-corrected chi connectivity index (χ0v) is 82.3. The molecule has 12 heterocycles. The van der Waals surface area contributed by atoms with Crippen molar-refractivity contribution in [3.8, 4) is 45.5 Å². The van der Waals surface area contributed by atoms with Crippen LogP contribution in [0.15, 0.2) is 454 Å². The average Bonchev–Trinajstić information content (AvgIpc) is 1.90. The highest BCUT2D eigenvalue weighted by Gasteiger charge is 2.28. The second-order valence-corrected chi connectivity index (χ2v) is 39.0. The molecule has 0 aliphatic rings. The Morgan fingerprint density at radius 1 is 0.201 bits per heavy atom. The molecule has 0 unspecified atom stereocenters. The Kier molecular flexibility index (Phi) is 20.0. The summed E-state index contributed by atoms with van der Waals surface area (Å²) in [6, 6.07) is 154. The lowest BCUT2D eigenvalue weighted by molar-refractivity contribution is 0.672. The van der Waals surface area contributed by atoms with E-state index in [1.807, 2.05) is 66.7 Å². The number of aryl methyl sites for hydroxylation is 3. The van der Waals surface area contributed by atoms with Gasteiger partial charge in [-0.1, -0.05) is 222 Å². The summed E-state index contributed by atoms with van der Waals surface area (Å²) in [5, 5.41) is 18.6. The van der Waals surface area contributed by atoms with Crippen LogP contribution in [-0.4, -0.2) is 56.5 Å². The summed E-state index contributed by atoms with van der Waals surface area (Å²) >= 11 is 0. The molecule has 0 aliphatic carbocycles. The van der Waals surface area contributed by atoms with E-state index in [0.29, 0.717) is 5.92 Å². The van der Waals surface area contributed by atoms with E-state index < -0.39 is 0 Å². The van der Waals surface area contributed by atoms with Crippen LogP contribution in [0.1, 0.15) is 63.3 Å². The lowest BCUT2D eigenvalue weighted by atomic mass is 10.1. The molecule has 32 aromatic rings. The Morgan fingerprint density at radius 2 is 0.436 bits per heavy atom. The van der Waals surface area contributed by atoms with Gasteiger partial charge in [-0.05, 0) is 256 Å². The normalized spacial score (nSPS) is 12.1. The van der Waals surface area contributed by atoms with E-state index in [4.69, 9.17) is 37.6 Å². The van der Waals surface area contributed by atoms with Crippen molar-refractivity contribution in [2.45, 2.75) is 59.8 Å². The minimum Gasteiger partial charge on any atom is -0.455 e. The molecule has 149 heavy (non-hydrogen) atoms. The minimum atomic E-state index is 0.311. The van der Waals surface area contributed by atoms with Crippen molar-refractivity contribution in [1.29, 1.82) is 0 Å². The van der Waals surface area contributed by atoms with E-state index >= 15 is 0 Å². The van der Waals surface area contributed by atoms with Crippen LogP contribution in [0.3, 0.4) is 0 Å². The number of imidazole rings is 4. The first kappa shape index (κ1) is 86.4. The highest BCUT2D eigenvalue weighted by molar-refractivity contribution is 6.28. The first-order chi connectivity index (χ1) is 73.6. The third-order valence-corrected chi connectivity index (χ3v) is 30.1. The molecule has 0 amide bonds. The van der Waals surface area contributed by atoms with Gasteiger partial charge in [-0.25, -0.2) is 19.9 Å². The molecule has 0 saturated heterocycles. The smallest absolute Gasteiger partial charge is 0.145 e. The Balaban J connectivity index is 0.0000000935. The van der Waals surface area contributed by atoms with E-state index in [1.54, 1.807) is 0 Å². The fourth-order valence-corrected chi connectivity index (χ4v) is 23.6. The first-order valence-electron chi connectivity index (χ1n) is 51.2. The largest absolute Gasteiger partial charge is 0.455 e. The number of hydrogen-bond acceptors (Lipinski definition) is 8. The highest BCUT2D eigenvalue weighted by Crippen LogP contribution is 2.48. The van der Waals surface area contributed by atoms with Gasteiger partial charge in [0.25, 0.3) is 0 Å². The van der Waals surface area contributed by atoms with Crippen molar-refractivity contribution < 1.29 is 17.7 Å². The molecule has 0 N–H and O–H groups in total. The van der Waals surface area contributed by atoms with Crippen molar-refractivity contribution in [1.82, 2.24) is 56.5 Å². The summed E-state index contributed by atoms with van der Waals surface area (Å²) in [5.74, 6) is 4.53. The van der Waals surface area contributed by atoms with Gasteiger partial charge < -0.3 is 35.9 Å². The monoisotopic (exact) mass is 1920 g/mol. The number of fused-ring (bicyclic) bond motifs is 32. The molecule has 16 nitrogen and oxygen atoms in total. The topological polar surface area (TPSA) is 144 Å². The van der Waals surface area contributed by atoms with Crippen LogP contribution in [0.4, 0.5) is 0 Å². The van der Waals surface area contributed by atoms with Gasteiger partial charge in [-0.2, -0.15) is 0 Å². The highest BCUT2D eigenvalue weighted by atomic mass is 16.3. The molecule has 0 bridgehead atoms. The zero-order chi connectivity index (χ0) is 98.9. The minimum absolute atomic E-state index is 0.311. The fourth-order valence-electron chi connectivity index (χ4n) is 23.6. The molecule has 12 aromatic heterocycles. The number of para-hydroxylation sites is 16. The third kappa shape index (κ3) is 13.6.